The molecule has 0 saturated carbocycles. The molecule has 6 nitrogen and oxygen atoms in total. The maximum Gasteiger partial charge on any atom is 0.340 e. The Morgan fingerprint density at radius 3 is 2.72 bits per heavy atom. The number of esters is 1. The van der Waals surface area contributed by atoms with Gasteiger partial charge in [-0.15, -0.1) is 0 Å². The van der Waals surface area contributed by atoms with Crippen molar-refractivity contribution in [2.45, 2.75) is 6.92 Å². The van der Waals surface area contributed by atoms with Gasteiger partial charge in [0.15, 0.2) is 11.7 Å². The minimum atomic E-state index is -0.627. The summed E-state index contributed by atoms with van der Waals surface area (Å²) >= 11 is 7.10. The Labute approximate surface area is 153 Å². The van der Waals surface area contributed by atoms with Crippen molar-refractivity contribution in [1.29, 1.82) is 0 Å². The van der Waals surface area contributed by atoms with E-state index in [1.807, 2.05) is 31.2 Å². The number of para-hydroxylation sites is 1. The molecule has 2 heterocycles. The number of thiazole rings is 1. The Hall–Kier alpha value is -2.51. The fourth-order valence-electron chi connectivity index (χ4n) is 2.18. The first kappa shape index (κ1) is 17.3. The van der Waals surface area contributed by atoms with Gasteiger partial charge < -0.3 is 4.74 Å². The van der Waals surface area contributed by atoms with Gasteiger partial charge in [0, 0.05) is 12.7 Å². The molecular weight excluding hydrogens is 362 g/mol. The van der Waals surface area contributed by atoms with Crippen molar-refractivity contribution in [3.63, 3.8) is 0 Å². The van der Waals surface area contributed by atoms with Gasteiger partial charge in [0.1, 0.15) is 5.15 Å². The number of nitrogens with zero attached hydrogens (tertiary/aromatic N) is 3. The van der Waals surface area contributed by atoms with E-state index in [1.54, 1.807) is 0 Å². The molecule has 0 aliphatic heterocycles. The Morgan fingerprint density at radius 1 is 1.24 bits per heavy atom. The van der Waals surface area contributed by atoms with Gasteiger partial charge in [0.05, 0.1) is 15.8 Å². The molecule has 0 saturated heterocycles. The van der Waals surface area contributed by atoms with Crippen molar-refractivity contribution in [1.82, 2.24) is 9.97 Å². The second-order valence-electron chi connectivity index (χ2n) is 5.05. The monoisotopic (exact) mass is 375 g/mol. The third-order valence-electron chi connectivity index (χ3n) is 3.42. The first-order valence-electron chi connectivity index (χ1n) is 7.53. The molecule has 2 aromatic heterocycles. The number of fused-ring (bicyclic) bond motifs is 1. The summed E-state index contributed by atoms with van der Waals surface area (Å²) in [4.78, 5) is 34.1. The van der Waals surface area contributed by atoms with Crippen LogP contribution in [0.4, 0.5) is 5.13 Å². The SMILES string of the molecule is CCN(C(=O)COC(=O)c1ccc(Cl)nc1)c1nc2ccccc2s1. The Bertz CT molecular complexity index is 878. The highest BCUT2D eigenvalue weighted by molar-refractivity contribution is 7.22. The molecule has 25 heavy (non-hydrogen) atoms. The highest BCUT2D eigenvalue weighted by atomic mass is 35.5. The molecule has 0 fully saturated rings. The summed E-state index contributed by atoms with van der Waals surface area (Å²) < 4.78 is 6.07. The van der Waals surface area contributed by atoms with Crippen molar-refractivity contribution < 1.29 is 14.3 Å². The van der Waals surface area contributed by atoms with Gasteiger partial charge in [-0.05, 0) is 31.2 Å². The number of hydrogen-bond donors (Lipinski definition) is 0. The predicted octanol–water partition coefficient (Wildman–Crippen LogP) is 3.55. The van der Waals surface area contributed by atoms with Gasteiger partial charge in [-0.2, -0.15) is 0 Å². The van der Waals surface area contributed by atoms with Crippen molar-refractivity contribution in [2.75, 3.05) is 18.1 Å². The van der Waals surface area contributed by atoms with Gasteiger partial charge in [-0.1, -0.05) is 35.1 Å². The summed E-state index contributed by atoms with van der Waals surface area (Å²) in [5.74, 6) is -0.963. The number of rotatable bonds is 5. The fourth-order valence-corrected chi connectivity index (χ4v) is 3.34. The molecule has 0 aliphatic rings. The van der Waals surface area contributed by atoms with Crippen LogP contribution in [0.5, 0.6) is 0 Å². The Kier molecular flexibility index (Phi) is 5.25. The van der Waals surface area contributed by atoms with Gasteiger partial charge in [0.25, 0.3) is 5.91 Å². The molecule has 0 bridgehead atoms. The van der Waals surface area contributed by atoms with Crippen LogP contribution in [-0.2, 0) is 9.53 Å². The molecular formula is C17H14ClN3O3S. The number of halogens is 1. The van der Waals surface area contributed by atoms with Gasteiger partial charge in [0.2, 0.25) is 0 Å². The molecule has 8 heteroatoms. The highest BCUT2D eigenvalue weighted by Crippen LogP contribution is 2.28. The normalized spacial score (nSPS) is 10.6. The van der Waals surface area contributed by atoms with Gasteiger partial charge >= 0.3 is 5.97 Å². The molecule has 1 aromatic carbocycles. The molecule has 3 rings (SSSR count). The first-order valence-corrected chi connectivity index (χ1v) is 8.72. The van der Waals surface area contributed by atoms with Crippen LogP contribution in [0.25, 0.3) is 10.2 Å². The van der Waals surface area contributed by atoms with Crippen LogP contribution < -0.4 is 4.90 Å². The molecule has 3 aromatic rings. The lowest BCUT2D eigenvalue weighted by Gasteiger charge is -2.17. The number of ether oxygens (including phenoxy) is 1. The number of benzene rings is 1. The van der Waals surface area contributed by atoms with Crippen molar-refractivity contribution in [3.8, 4) is 0 Å². The van der Waals surface area contributed by atoms with Gasteiger partial charge in [-0.25, -0.2) is 14.8 Å². The third-order valence-corrected chi connectivity index (χ3v) is 4.70. The molecule has 0 aliphatic carbocycles. The smallest absolute Gasteiger partial charge is 0.340 e. The average molecular weight is 376 g/mol. The molecule has 1 amide bonds. The molecule has 0 N–H and O–H groups in total. The van der Waals surface area contributed by atoms with E-state index in [4.69, 9.17) is 16.3 Å². The number of carbonyl (C=O) groups is 2. The maximum atomic E-state index is 12.4. The van der Waals surface area contributed by atoms with Gasteiger partial charge in [-0.3, -0.25) is 9.69 Å². The van der Waals surface area contributed by atoms with E-state index in [1.165, 1.54) is 34.6 Å². The van der Waals surface area contributed by atoms with Crippen LogP contribution in [-0.4, -0.2) is 35.0 Å². The summed E-state index contributed by atoms with van der Waals surface area (Å²) in [6, 6.07) is 10.6. The number of hydrogen-bond acceptors (Lipinski definition) is 6. The zero-order chi connectivity index (χ0) is 17.8. The first-order chi connectivity index (χ1) is 12.1. The number of carbonyl (C=O) groups excluding carboxylic acids is 2. The Morgan fingerprint density at radius 2 is 2.04 bits per heavy atom. The van der Waals surface area contributed by atoms with Crippen LogP contribution in [0.3, 0.4) is 0 Å². The fraction of sp³-hybridized carbons (Fsp3) is 0.176. The minimum Gasteiger partial charge on any atom is -0.452 e. The highest BCUT2D eigenvalue weighted by Gasteiger charge is 2.20. The minimum absolute atomic E-state index is 0.236. The number of anilines is 1. The summed E-state index contributed by atoms with van der Waals surface area (Å²) in [6.45, 7) is 1.90. The summed E-state index contributed by atoms with van der Waals surface area (Å²) in [5.41, 5.74) is 1.07. The lowest BCUT2D eigenvalue weighted by atomic mass is 10.3. The van der Waals surface area contributed by atoms with Crippen molar-refractivity contribution >= 4 is 50.2 Å². The van der Waals surface area contributed by atoms with E-state index in [2.05, 4.69) is 9.97 Å². The van der Waals surface area contributed by atoms with E-state index < -0.39 is 5.97 Å². The second-order valence-corrected chi connectivity index (χ2v) is 6.44. The number of amides is 1. The molecule has 0 spiro atoms. The third kappa shape index (κ3) is 3.94. The van der Waals surface area contributed by atoms with Crippen LogP contribution in [0.2, 0.25) is 5.15 Å². The van der Waals surface area contributed by atoms with Crippen LogP contribution in [0.15, 0.2) is 42.6 Å². The lowest BCUT2D eigenvalue weighted by molar-refractivity contribution is -0.121. The van der Waals surface area contributed by atoms with E-state index in [0.717, 1.165) is 10.2 Å². The molecule has 0 atom stereocenters. The van der Waals surface area contributed by atoms with E-state index in [9.17, 15) is 9.59 Å². The summed E-state index contributed by atoms with van der Waals surface area (Å²) in [6.07, 6.45) is 1.31. The summed E-state index contributed by atoms with van der Waals surface area (Å²) in [5, 5.41) is 0.860. The molecule has 0 unspecified atom stereocenters. The molecule has 128 valence electrons. The quantitative estimate of drug-likeness (QED) is 0.503. The van der Waals surface area contributed by atoms with E-state index >= 15 is 0 Å². The zero-order valence-corrected chi connectivity index (χ0v) is 14.9. The van der Waals surface area contributed by atoms with Crippen LogP contribution in [0.1, 0.15) is 17.3 Å². The molecule has 0 radical (unpaired) electrons. The second kappa shape index (κ2) is 7.58. The van der Waals surface area contributed by atoms with E-state index in [-0.39, 0.29) is 23.2 Å². The predicted molar refractivity (Wildman–Crippen MR) is 97.2 cm³/mol. The zero-order valence-electron chi connectivity index (χ0n) is 13.3. The maximum absolute atomic E-state index is 12.4. The topological polar surface area (TPSA) is 72.4 Å². The van der Waals surface area contributed by atoms with Crippen LogP contribution in [0, 0.1) is 0 Å². The number of pyridine rings is 1. The number of aromatic nitrogens is 2. The average Bonchev–Trinajstić information content (AvgIpc) is 3.04. The van der Waals surface area contributed by atoms with Crippen molar-refractivity contribution in [2.24, 2.45) is 0 Å². The van der Waals surface area contributed by atoms with Crippen LogP contribution >= 0.6 is 22.9 Å². The van der Waals surface area contributed by atoms with Crippen molar-refractivity contribution in [3.05, 3.63) is 53.3 Å². The largest absolute Gasteiger partial charge is 0.452 e. The van der Waals surface area contributed by atoms with E-state index in [0.29, 0.717) is 11.7 Å². The number of likely N-dealkylation sites (N-methyl/N-ethyl adjacent to an activating group) is 1. The summed E-state index contributed by atoms with van der Waals surface area (Å²) in [7, 11) is 0. The Balaban J connectivity index is 1.68. The standard InChI is InChI=1S/C17H14ClN3O3S/c1-2-21(17-20-12-5-3-4-6-13(12)25-17)15(22)10-24-16(23)11-7-8-14(18)19-9-11/h3-9H,2,10H2,1H3. The lowest BCUT2D eigenvalue weighted by Crippen LogP contribution is -2.34.